The predicted octanol–water partition coefficient (Wildman–Crippen LogP) is 3.63. The molecule has 0 radical (unpaired) electrons. The number of carbonyl (C=O) groups excluding carboxylic acids is 1. The summed E-state index contributed by atoms with van der Waals surface area (Å²) in [5.74, 6) is -1.63. The zero-order valence-electron chi connectivity index (χ0n) is 19.7. The minimum Gasteiger partial charge on any atom is -0.488 e. The van der Waals surface area contributed by atoms with Crippen LogP contribution in [0.4, 0.5) is 20.2 Å². The molecule has 2 atom stereocenters. The molecule has 1 amide bonds. The van der Waals surface area contributed by atoms with Crippen LogP contribution in [0.1, 0.15) is 34.8 Å². The molecule has 182 valence electrons. The number of rotatable bonds is 7. The molecule has 0 bridgehead atoms. The molecule has 3 aromatic rings. The molecule has 10 heteroatoms. The number of hydrogen-bond acceptors (Lipinski definition) is 7. The summed E-state index contributed by atoms with van der Waals surface area (Å²) in [5.41, 5.74) is 7.63. The molecule has 3 heterocycles. The Morgan fingerprint density at radius 1 is 1.41 bits per heavy atom. The molecule has 34 heavy (non-hydrogen) atoms. The molecular formula is C24H29F2N5O2S. The van der Waals surface area contributed by atoms with Crippen molar-refractivity contribution in [3.63, 3.8) is 0 Å². The van der Waals surface area contributed by atoms with Crippen molar-refractivity contribution < 1.29 is 18.3 Å². The summed E-state index contributed by atoms with van der Waals surface area (Å²) in [6, 6.07) is 4.30. The summed E-state index contributed by atoms with van der Waals surface area (Å²) in [7, 11) is 1.73. The van der Waals surface area contributed by atoms with Crippen molar-refractivity contribution in [1.29, 1.82) is 0 Å². The summed E-state index contributed by atoms with van der Waals surface area (Å²) in [6.45, 7) is 7.24. The number of anilines is 2. The number of halogens is 2. The summed E-state index contributed by atoms with van der Waals surface area (Å²) in [6.07, 6.45) is 0.114. The molecule has 4 N–H and O–H groups in total. The maximum Gasteiger partial charge on any atom is 0.263 e. The fourth-order valence-electron chi connectivity index (χ4n) is 4.04. The van der Waals surface area contributed by atoms with Crippen molar-refractivity contribution in [1.82, 2.24) is 15.6 Å². The first-order valence-electron chi connectivity index (χ1n) is 11.2. The molecule has 0 spiro atoms. The van der Waals surface area contributed by atoms with Gasteiger partial charge in [0.15, 0.2) is 11.6 Å². The Bertz CT molecular complexity index is 1230. The van der Waals surface area contributed by atoms with E-state index in [0.717, 1.165) is 17.6 Å². The SMILES string of the molecule is CCNC[C@H](C)N(C)c1cc(F)c2c(c1F)OC[C@H](NC(=O)c1sc3nc(C)ccc3c1N)C2. The van der Waals surface area contributed by atoms with Gasteiger partial charge in [-0.15, -0.1) is 11.3 Å². The number of benzene rings is 1. The number of fused-ring (bicyclic) bond motifs is 2. The standard InChI is InChI=1S/C24H29F2N5O2S/c1-5-28-10-13(3)31(4)18-9-17(25)16-8-14(11-33-21(16)19(18)26)30-23(32)22-20(27)15-7-6-12(2)29-24(15)34-22/h6-7,9,13-14,28H,5,8,10-11,27H2,1-4H3,(H,30,32)/t13-,14+/m0/s1. The van der Waals surface area contributed by atoms with Crippen molar-refractivity contribution in [2.24, 2.45) is 0 Å². The Balaban J connectivity index is 1.52. The van der Waals surface area contributed by atoms with Crippen LogP contribution in [0.5, 0.6) is 5.75 Å². The van der Waals surface area contributed by atoms with Crippen molar-refractivity contribution in [3.8, 4) is 5.75 Å². The molecule has 1 aromatic carbocycles. The van der Waals surface area contributed by atoms with Crippen LogP contribution in [0.25, 0.3) is 10.2 Å². The maximum absolute atomic E-state index is 15.3. The fraction of sp³-hybridized carbons (Fsp3) is 0.417. The maximum atomic E-state index is 15.3. The fourth-order valence-corrected chi connectivity index (χ4v) is 5.09. The molecule has 1 aliphatic heterocycles. The first-order chi connectivity index (χ1) is 16.2. The molecule has 0 saturated heterocycles. The van der Waals surface area contributed by atoms with Crippen molar-refractivity contribution in [2.75, 3.05) is 37.4 Å². The molecular weight excluding hydrogens is 460 g/mol. The summed E-state index contributed by atoms with van der Waals surface area (Å²) >= 11 is 1.21. The van der Waals surface area contributed by atoms with Gasteiger partial charge in [0.05, 0.1) is 17.4 Å². The average Bonchev–Trinajstić information content (AvgIpc) is 3.14. The lowest BCUT2D eigenvalue weighted by molar-refractivity contribution is 0.0918. The van der Waals surface area contributed by atoms with Crippen LogP contribution in [-0.4, -0.2) is 49.7 Å². The Morgan fingerprint density at radius 3 is 2.91 bits per heavy atom. The van der Waals surface area contributed by atoms with Gasteiger partial charge in [-0.3, -0.25) is 4.79 Å². The number of nitrogens with two attached hydrogens (primary N) is 1. The van der Waals surface area contributed by atoms with Gasteiger partial charge in [0.2, 0.25) is 0 Å². The van der Waals surface area contributed by atoms with Gasteiger partial charge in [-0.1, -0.05) is 6.92 Å². The van der Waals surface area contributed by atoms with Gasteiger partial charge >= 0.3 is 0 Å². The number of hydrogen-bond donors (Lipinski definition) is 3. The van der Waals surface area contributed by atoms with Crippen LogP contribution >= 0.6 is 11.3 Å². The molecule has 0 fully saturated rings. The molecule has 7 nitrogen and oxygen atoms in total. The summed E-state index contributed by atoms with van der Waals surface area (Å²) in [4.78, 5) is 20.1. The number of carbonyl (C=O) groups is 1. The Labute approximate surface area is 201 Å². The first kappa shape index (κ1) is 24.2. The highest BCUT2D eigenvalue weighted by Gasteiger charge is 2.31. The van der Waals surface area contributed by atoms with Crippen LogP contribution in [0.3, 0.4) is 0 Å². The highest BCUT2D eigenvalue weighted by Crippen LogP contribution is 2.37. The number of thiophene rings is 1. The Hall–Kier alpha value is -2.98. The van der Waals surface area contributed by atoms with Crippen molar-refractivity contribution in [2.45, 2.75) is 39.3 Å². The van der Waals surface area contributed by atoms with E-state index in [1.807, 2.05) is 32.9 Å². The normalized spacial score (nSPS) is 16.1. The van der Waals surface area contributed by atoms with Crippen LogP contribution in [-0.2, 0) is 6.42 Å². The van der Waals surface area contributed by atoms with E-state index < -0.39 is 17.7 Å². The Kier molecular flexibility index (Phi) is 6.90. The molecule has 0 unspecified atom stereocenters. The van der Waals surface area contributed by atoms with Gasteiger partial charge in [0.1, 0.15) is 22.1 Å². The van der Waals surface area contributed by atoms with Crippen molar-refractivity contribution >= 4 is 38.8 Å². The topological polar surface area (TPSA) is 92.5 Å². The highest BCUT2D eigenvalue weighted by molar-refractivity contribution is 7.21. The second-order valence-corrected chi connectivity index (χ2v) is 9.60. The number of aryl methyl sites for hydroxylation is 1. The highest BCUT2D eigenvalue weighted by atomic mass is 32.1. The molecule has 4 rings (SSSR count). The number of aromatic nitrogens is 1. The van der Waals surface area contributed by atoms with Crippen LogP contribution < -0.4 is 26.0 Å². The van der Waals surface area contributed by atoms with E-state index in [1.165, 1.54) is 17.4 Å². The minimum atomic E-state index is -0.595. The zero-order chi connectivity index (χ0) is 24.6. The number of likely N-dealkylation sites (N-methyl/N-ethyl adjacent to an activating group) is 2. The van der Waals surface area contributed by atoms with Gasteiger partial charge in [-0.05, 0) is 32.5 Å². The second kappa shape index (κ2) is 9.71. The largest absolute Gasteiger partial charge is 0.488 e. The van der Waals surface area contributed by atoms with Gasteiger partial charge < -0.3 is 26.0 Å². The summed E-state index contributed by atoms with van der Waals surface area (Å²) < 4.78 is 35.9. The lowest BCUT2D eigenvalue weighted by Gasteiger charge is -2.31. The third kappa shape index (κ3) is 4.52. The quantitative estimate of drug-likeness (QED) is 0.469. The van der Waals surface area contributed by atoms with E-state index >= 15 is 8.78 Å². The third-order valence-electron chi connectivity index (χ3n) is 6.13. The zero-order valence-corrected chi connectivity index (χ0v) is 20.5. The lowest BCUT2D eigenvalue weighted by Crippen LogP contribution is -2.43. The number of nitrogens with one attached hydrogen (secondary N) is 2. The van der Waals surface area contributed by atoms with E-state index in [9.17, 15) is 4.79 Å². The summed E-state index contributed by atoms with van der Waals surface area (Å²) in [5, 5.41) is 6.78. The molecule has 2 aromatic heterocycles. The van der Waals surface area contributed by atoms with E-state index in [1.54, 1.807) is 11.9 Å². The van der Waals surface area contributed by atoms with E-state index in [2.05, 4.69) is 15.6 Å². The molecule has 0 saturated carbocycles. The number of amides is 1. The average molecular weight is 490 g/mol. The van der Waals surface area contributed by atoms with E-state index in [0.29, 0.717) is 21.9 Å². The first-order valence-corrected chi connectivity index (χ1v) is 12.1. The van der Waals surface area contributed by atoms with Crippen LogP contribution in [0, 0.1) is 18.6 Å². The molecule has 0 aliphatic carbocycles. The van der Waals surface area contributed by atoms with Crippen LogP contribution in [0.15, 0.2) is 18.2 Å². The minimum absolute atomic E-state index is 0.0252. The smallest absolute Gasteiger partial charge is 0.263 e. The van der Waals surface area contributed by atoms with Gasteiger partial charge in [0.25, 0.3) is 5.91 Å². The number of ether oxygens (including phenoxy) is 1. The van der Waals surface area contributed by atoms with Gasteiger partial charge in [-0.25, -0.2) is 13.8 Å². The number of nitrogens with zero attached hydrogens (tertiary/aromatic N) is 2. The number of nitrogen functional groups attached to an aromatic ring is 1. The second-order valence-electron chi connectivity index (χ2n) is 8.60. The van der Waals surface area contributed by atoms with Crippen molar-refractivity contribution in [3.05, 3.63) is 46.0 Å². The Morgan fingerprint density at radius 2 is 2.18 bits per heavy atom. The van der Waals surface area contributed by atoms with Crippen LogP contribution in [0.2, 0.25) is 0 Å². The van der Waals surface area contributed by atoms with E-state index in [-0.39, 0.29) is 42.0 Å². The molecule has 1 aliphatic rings. The van der Waals surface area contributed by atoms with Gasteiger partial charge in [-0.2, -0.15) is 0 Å². The lowest BCUT2D eigenvalue weighted by atomic mass is 10.00. The monoisotopic (exact) mass is 489 g/mol. The third-order valence-corrected chi connectivity index (χ3v) is 7.25. The predicted molar refractivity (Wildman–Crippen MR) is 132 cm³/mol. The van der Waals surface area contributed by atoms with E-state index in [4.69, 9.17) is 10.5 Å². The number of pyridine rings is 1. The van der Waals surface area contributed by atoms with Gasteiger partial charge in [0, 0.05) is 48.8 Å².